The standard InChI is InChI=1S/C21H17Cl2NO4S2/c22-15-8-7-14(16(23)11-15)12-28-17-5-2-1-4-13(17)10-18-20(27)24(21(29)30-18)9-3-6-19(25)26/h1-2,4-5,7-8,10-11H,3,6,9,12H2,(H,25,26)/b18-10+. The smallest absolute Gasteiger partial charge is 0.303 e. The van der Waals surface area contributed by atoms with E-state index in [0.29, 0.717) is 31.4 Å². The molecule has 2 aromatic carbocycles. The number of ether oxygens (including phenoxy) is 1. The van der Waals surface area contributed by atoms with Gasteiger partial charge in [0.15, 0.2) is 0 Å². The van der Waals surface area contributed by atoms with Crippen molar-refractivity contribution in [2.75, 3.05) is 6.54 Å². The van der Waals surface area contributed by atoms with Crippen LogP contribution in [0.4, 0.5) is 0 Å². The van der Waals surface area contributed by atoms with E-state index < -0.39 is 5.97 Å². The van der Waals surface area contributed by atoms with E-state index in [1.807, 2.05) is 24.3 Å². The van der Waals surface area contributed by atoms with Gasteiger partial charge in [-0.15, -0.1) is 0 Å². The normalized spacial score (nSPS) is 15.1. The molecular formula is C21H17Cl2NO4S2. The van der Waals surface area contributed by atoms with Crippen LogP contribution in [-0.2, 0) is 16.2 Å². The van der Waals surface area contributed by atoms with Gasteiger partial charge in [-0.05, 0) is 30.7 Å². The molecule has 0 atom stereocenters. The van der Waals surface area contributed by atoms with Crippen molar-refractivity contribution in [2.24, 2.45) is 0 Å². The third-order valence-electron chi connectivity index (χ3n) is 4.25. The summed E-state index contributed by atoms with van der Waals surface area (Å²) < 4.78 is 6.35. The Morgan fingerprint density at radius 3 is 2.73 bits per heavy atom. The second kappa shape index (κ2) is 10.3. The number of carboxylic acids is 1. The summed E-state index contributed by atoms with van der Waals surface area (Å²) in [5.41, 5.74) is 1.52. The molecule has 5 nitrogen and oxygen atoms in total. The largest absolute Gasteiger partial charge is 0.488 e. The van der Waals surface area contributed by atoms with Gasteiger partial charge in [0, 0.05) is 34.1 Å². The molecule has 1 saturated heterocycles. The zero-order valence-electron chi connectivity index (χ0n) is 15.6. The van der Waals surface area contributed by atoms with Crippen LogP contribution in [0.1, 0.15) is 24.0 Å². The maximum Gasteiger partial charge on any atom is 0.303 e. The number of thiocarbonyl (C=S) groups is 1. The number of thioether (sulfide) groups is 1. The molecule has 1 fully saturated rings. The first-order chi connectivity index (χ1) is 14.3. The summed E-state index contributed by atoms with van der Waals surface area (Å²) in [6, 6.07) is 12.5. The molecule has 3 rings (SSSR count). The summed E-state index contributed by atoms with van der Waals surface area (Å²) in [7, 11) is 0. The second-order valence-corrected chi connectivity index (χ2v) is 8.91. The van der Waals surface area contributed by atoms with Crippen molar-refractivity contribution >= 4 is 69.5 Å². The predicted octanol–water partition coefficient (Wildman–Crippen LogP) is 5.64. The van der Waals surface area contributed by atoms with Gasteiger partial charge >= 0.3 is 5.97 Å². The van der Waals surface area contributed by atoms with Crippen molar-refractivity contribution < 1.29 is 19.4 Å². The van der Waals surface area contributed by atoms with Crippen LogP contribution in [0.25, 0.3) is 6.08 Å². The van der Waals surface area contributed by atoms with E-state index in [4.69, 9.17) is 45.3 Å². The summed E-state index contributed by atoms with van der Waals surface area (Å²) in [5, 5.41) is 9.84. The molecule has 1 heterocycles. The van der Waals surface area contributed by atoms with Crippen LogP contribution in [0.15, 0.2) is 47.4 Å². The van der Waals surface area contributed by atoms with Gasteiger partial charge in [0.1, 0.15) is 16.7 Å². The van der Waals surface area contributed by atoms with Crippen molar-refractivity contribution in [3.8, 4) is 5.75 Å². The van der Waals surface area contributed by atoms with Gasteiger partial charge in [0.25, 0.3) is 5.91 Å². The molecule has 1 N–H and O–H groups in total. The molecule has 9 heteroatoms. The molecular weight excluding hydrogens is 465 g/mol. The number of carbonyl (C=O) groups excluding carboxylic acids is 1. The number of hydrogen-bond acceptors (Lipinski definition) is 5. The highest BCUT2D eigenvalue weighted by Crippen LogP contribution is 2.34. The monoisotopic (exact) mass is 481 g/mol. The van der Waals surface area contributed by atoms with Crippen molar-refractivity contribution in [1.29, 1.82) is 0 Å². The molecule has 0 aromatic heterocycles. The van der Waals surface area contributed by atoms with E-state index in [-0.39, 0.29) is 25.5 Å². The van der Waals surface area contributed by atoms with E-state index in [1.54, 1.807) is 24.3 Å². The van der Waals surface area contributed by atoms with Gasteiger partial charge in [0.2, 0.25) is 0 Å². The fourth-order valence-corrected chi connectivity index (χ4v) is 4.51. The molecule has 1 aliphatic heterocycles. The number of rotatable bonds is 8. The molecule has 1 amide bonds. The Bertz CT molecular complexity index is 1030. The highest BCUT2D eigenvalue weighted by Gasteiger charge is 2.31. The van der Waals surface area contributed by atoms with Crippen LogP contribution in [0, 0.1) is 0 Å². The lowest BCUT2D eigenvalue weighted by Gasteiger charge is -2.13. The number of carbonyl (C=O) groups is 2. The summed E-state index contributed by atoms with van der Waals surface area (Å²) in [5.74, 6) is -0.534. The van der Waals surface area contributed by atoms with Crippen LogP contribution in [0.5, 0.6) is 5.75 Å². The summed E-state index contributed by atoms with van der Waals surface area (Å²) in [4.78, 5) is 25.3. The number of halogens is 2. The van der Waals surface area contributed by atoms with Gasteiger partial charge in [0.05, 0.1) is 4.91 Å². The minimum Gasteiger partial charge on any atom is -0.488 e. The number of carboxylic acid groups (broad SMARTS) is 1. The summed E-state index contributed by atoms with van der Waals surface area (Å²) in [6.07, 6.45) is 2.06. The molecule has 0 spiro atoms. The predicted molar refractivity (Wildman–Crippen MR) is 124 cm³/mol. The van der Waals surface area contributed by atoms with Crippen LogP contribution in [0.2, 0.25) is 10.0 Å². The number of hydrogen-bond donors (Lipinski definition) is 1. The third-order valence-corrected chi connectivity index (χ3v) is 6.21. The maximum atomic E-state index is 12.7. The Morgan fingerprint density at radius 1 is 1.23 bits per heavy atom. The fourth-order valence-electron chi connectivity index (χ4n) is 2.75. The summed E-state index contributed by atoms with van der Waals surface area (Å²) >= 11 is 18.6. The van der Waals surface area contributed by atoms with E-state index in [2.05, 4.69) is 0 Å². The Balaban J connectivity index is 1.73. The topological polar surface area (TPSA) is 66.8 Å². The number of amides is 1. The number of nitrogens with zero attached hydrogens (tertiary/aromatic N) is 1. The highest BCUT2D eigenvalue weighted by atomic mass is 35.5. The van der Waals surface area contributed by atoms with Crippen molar-refractivity contribution in [1.82, 2.24) is 4.90 Å². The van der Waals surface area contributed by atoms with Gasteiger partial charge in [-0.2, -0.15) is 0 Å². The third kappa shape index (κ3) is 5.76. The van der Waals surface area contributed by atoms with Gasteiger partial charge in [-0.1, -0.05) is 71.4 Å². The molecule has 30 heavy (non-hydrogen) atoms. The Morgan fingerprint density at radius 2 is 2.00 bits per heavy atom. The van der Waals surface area contributed by atoms with E-state index >= 15 is 0 Å². The SMILES string of the molecule is O=C(O)CCCN1C(=O)/C(=C\c2ccccc2OCc2ccc(Cl)cc2Cl)SC1=S. The molecule has 2 aromatic rings. The molecule has 0 bridgehead atoms. The molecule has 0 saturated carbocycles. The number of aliphatic carboxylic acids is 1. The Labute approximate surface area is 193 Å². The van der Waals surface area contributed by atoms with Crippen LogP contribution < -0.4 is 4.74 Å². The zero-order chi connectivity index (χ0) is 21.7. The van der Waals surface area contributed by atoms with E-state index in [1.165, 1.54) is 16.7 Å². The van der Waals surface area contributed by atoms with E-state index in [9.17, 15) is 9.59 Å². The zero-order valence-corrected chi connectivity index (χ0v) is 18.8. The lowest BCUT2D eigenvalue weighted by Crippen LogP contribution is -2.29. The quantitative estimate of drug-likeness (QED) is 0.388. The first kappa shape index (κ1) is 22.6. The van der Waals surface area contributed by atoms with E-state index in [0.717, 1.165) is 11.1 Å². The van der Waals surface area contributed by atoms with Gasteiger partial charge in [-0.25, -0.2) is 0 Å². The molecule has 1 aliphatic rings. The molecule has 0 aliphatic carbocycles. The van der Waals surface area contributed by atoms with Crippen LogP contribution in [-0.4, -0.2) is 32.7 Å². The van der Waals surface area contributed by atoms with Gasteiger partial charge < -0.3 is 9.84 Å². The highest BCUT2D eigenvalue weighted by molar-refractivity contribution is 8.26. The second-order valence-electron chi connectivity index (χ2n) is 6.39. The maximum absolute atomic E-state index is 12.7. The minimum absolute atomic E-state index is 0.0139. The fraction of sp³-hybridized carbons (Fsp3) is 0.190. The number of para-hydroxylation sites is 1. The lowest BCUT2D eigenvalue weighted by atomic mass is 10.1. The molecule has 0 radical (unpaired) electrons. The molecule has 0 unspecified atom stereocenters. The first-order valence-corrected chi connectivity index (χ1v) is 11.0. The first-order valence-electron chi connectivity index (χ1n) is 8.98. The van der Waals surface area contributed by atoms with Crippen LogP contribution >= 0.6 is 47.2 Å². The lowest BCUT2D eigenvalue weighted by molar-refractivity contribution is -0.137. The van der Waals surface area contributed by atoms with Crippen molar-refractivity contribution in [3.63, 3.8) is 0 Å². The Hall–Kier alpha value is -2.06. The van der Waals surface area contributed by atoms with Crippen molar-refractivity contribution in [2.45, 2.75) is 19.4 Å². The Kier molecular flexibility index (Phi) is 7.77. The average Bonchev–Trinajstić information content (AvgIpc) is 2.95. The summed E-state index contributed by atoms with van der Waals surface area (Å²) in [6.45, 7) is 0.526. The van der Waals surface area contributed by atoms with Crippen molar-refractivity contribution in [3.05, 3.63) is 68.5 Å². The number of benzene rings is 2. The molecule has 156 valence electrons. The minimum atomic E-state index is -0.900. The van der Waals surface area contributed by atoms with Gasteiger partial charge in [-0.3, -0.25) is 14.5 Å². The average molecular weight is 482 g/mol. The van der Waals surface area contributed by atoms with Crippen LogP contribution in [0.3, 0.4) is 0 Å².